The molecule has 2 aromatic rings. The summed E-state index contributed by atoms with van der Waals surface area (Å²) in [5.74, 6) is -0.684. The van der Waals surface area contributed by atoms with Gasteiger partial charge in [0.2, 0.25) is 5.91 Å². The molecule has 0 unspecified atom stereocenters. The van der Waals surface area contributed by atoms with Gasteiger partial charge < -0.3 is 11.1 Å². The summed E-state index contributed by atoms with van der Waals surface area (Å²) in [5, 5.41) is 14.2. The molecule has 0 fully saturated rings. The van der Waals surface area contributed by atoms with Crippen molar-refractivity contribution in [3.8, 4) is 0 Å². The normalized spacial score (nSPS) is 10.1. The first-order chi connectivity index (χ1) is 9.97. The summed E-state index contributed by atoms with van der Waals surface area (Å²) < 4.78 is 0. The highest BCUT2D eigenvalue weighted by Crippen LogP contribution is 2.22. The number of hydrogen-bond acceptors (Lipinski definition) is 4. The van der Waals surface area contributed by atoms with Gasteiger partial charge in [0.15, 0.2) is 0 Å². The summed E-state index contributed by atoms with van der Waals surface area (Å²) in [6, 6.07) is 11.9. The molecule has 0 aliphatic carbocycles. The molecule has 2 aromatic carbocycles. The Balaban J connectivity index is 2.23. The van der Waals surface area contributed by atoms with Crippen LogP contribution in [0.15, 0.2) is 42.5 Å². The number of carbonyl (C=O) groups is 1. The first kappa shape index (κ1) is 14.5. The first-order valence-electron chi connectivity index (χ1n) is 6.35. The first-order valence-corrected chi connectivity index (χ1v) is 6.35. The predicted octanol–water partition coefficient (Wildman–Crippen LogP) is 2.61. The molecule has 0 aliphatic rings. The van der Waals surface area contributed by atoms with Crippen LogP contribution >= 0.6 is 0 Å². The van der Waals surface area contributed by atoms with Crippen LogP contribution in [0.2, 0.25) is 0 Å². The Morgan fingerprint density at radius 2 is 2.05 bits per heavy atom. The average molecular weight is 285 g/mol. The van der Waals surface area contributed by atoms with E-state index in [-0.39, 0.29) is 11.3 Å². The van der Waals surface area contributed by atoms with Gasteiger partial charge in [0.25, 0.3) is 5.69 Å². The molecule has 0 heterocycles. The van der Waals surface area contributed by atoms with E-state index in [9.17, 15) is 14.9 Å². The fourth-order valence-electron chi connectivity index (χ4n) is 1.99. The van der Waals surface area contributed by atoms with Gasteiger partial charge in [-0.25, -0.2) is 0 Å². The summed E-state index contributed by atoms with van der Waals surface area (Å²) in [7, 11) is 0. The molecule has 1 amide bonds. The number of nitrogens with zero attached hydrogens (tertiary/aromatic N) is 1. The van der Waals surface area contributed by atoms with Gasteiger partial charge in [-0.3, -0.25) is 14.9 Å². The lowest BCUT2D eigenvalue weighted by Crippen LogP contribution is -2.12. The van der Waals surface area contributed by atoms with Crippen molar-refractivity contribution >= 4 is 17.3 Å². The quantitative estimate of drug-likeness (QED) is 0.651. The molecule has 3 N–H and O–H groups in total. The Bertz CT molecular complexity index is 698. The molecular weight excluding hydrogens is 270 g/mol. The summed E-state index contributed by atoms with van der Waals surface area (Å²) in [4.78, 5) is 21.7. The number of amides is 1. The number of benzene rings is 2. The molecule has 6 nitrogen and oxygen atoms in total. The molecule has 0 aliphatic heterocycles. The maximum Gasteiger partial charge on any atom is 0.275 e. The van der Waals surface area contributed by atoms with Crippen LogP contribution in [0.1, 0.15) is 21.5 Å². The van der Waals surface area contributed by atoms with Gasteiger partial charge in [0, 0.05) is 29.4 Å². The minimum Gasteiger partial charge on any atom is -0.381 e. The van der Waals surface area contributed by atoms with Crippen LogP contribution in [0.25, 0.3) is 0 Å². The number of hydrogen-bond donors (Lipinski definition) is 2. The second-order valence-electron chi connectivity index (χ2n) is 4.69. The van der Waals surface area contributed by atoms with Gasteiger partial charge in [0.1, 0.15) is 0 Å². The van der Waals surface area contributed by atoms with Crippen LogP contribution in [-0.2, 0) is 6.54 Å². The minimum absolute atomic E-state index is 0.119. The van der Waals surface area contributed by atoms with Gasteiger partial charge in [-0.15, -0.1) is 0 Å². The number of primary amides is 1. The SMILES string of the molecule is Cc1cccc(NCc2ccc(C(N)=O)cc2[N+](=O)[O-])c1. The molecular formula is C15H15N3O3. The molecule has 0 saturated carbocycles. The standard InChI is InChI=1S/C15H15N3O3/c1-10-3-2-4-13(7-10)17-9-12-6-5-11(15(16)19)8-14(12)18(20)21/h2-8,17H,9H2,1H3,(H2,16,19). The number of nitrogens with two attached hydrogens (primary N) is 1. The summed E-state index contributed by atoms with van der Waals surface area (Å²) in [6.07, 6.45) is 0. The topological polar surface area (TPSA) is 98.3 Å². The molecule has 21 heavy (non-hydrogen) atoms. The Kier molecular flexibility index (Phi) is 4.18. The Morgan fingerprint density at radius 1 is 1.29 bits per heavy atom. The van der Waals surface area contributed by atoms with Gasteiger partial charge >= 0.3 is 0 Å². The van der Waals surface area contributed by atoms with E-state index in [4.69, 9.17) is 5.73 Å². The zero-order chi connectivity index (χ0) is 15.4. The maximum atomic E-state index is 11.1. The highest BCUT2D eigenvalue weighted by atomic mass is 16.6. The largest absolute Gasteiger partial charge is 0.381 e. The molecule has 6 heteroatoms. The Labute approximate surface area is 121 Å². The molecule has 0 saturated heterocycles. The van der Waals surface area contributed by atoms with Gasteiger partial charge in [-0.05, 0) is 36.8 Å². The van der Waals surface area contributed by atoms with Crippen molar-refractivity contribution in [1.82, 2.24) is 0 Å². The van der Waals surface area contributed by atoms with Crippen molar-refractivity contribution in [3.63, 3.8) is 0 Å². The Hall–Kier alpha value is -2.89. The summed E-state index contributed by atoms with van der Waals surface area (Å²) >= 11 is 0. The Morgan fingerprint density at radius 3 is 2.67 bits per heavy atom. The number of nitro benzene ring substituents is 1. The monoisotopic (exact) mass is 285 g/mol. The van der Waals surface area contributed by atoms with Crippen LogP contribution in [0.4, 0.5) is 11.4 Å². The van der Waals surface area contributed by atoms with E-state index in [0.717, 1.165) is 11.3 Å². The molecule has 0 spiro atoms. The number of nitro groups is 1. The van der Waals surface area contributed by atoms with E-state index in [0.29, 0.717) is 12.1 Å². The lowest BCUT2D eigenvalue weighted by molar-refractivity contribution is -0.385. The molecule has 108 valence electrons. The van der Waals surface area contributed by atoms with Crippen LogP contribution < -0.4 is 11.1 Å². The molecule has 0 radical (unpaired) electrons. The summed E-state index contributed by atoms with van der Waals surface area (Å²) in [6.45, 7) is 2.26. The lowest BCUT2D eigenvalue weighted by atomic mass is 10.1. The van der Waals surface area contributed by atoms with Crippen molar-refractivity contribution in [2.45, 2.75) is 13.5 Å². The van der Waals surface area contributed by atoms with Crippen LogP contribution in [0.5, 0.6) is 0 Å². The average Bonchev–Trinajstić information content (AvgIpc) is 2.44. The third-order valence-electron chi connectivity index (χ3n) is 3.07. The number of nitrogens with one attached hydrogen (secondary N) is 1. The highest BCUT2D eigenvalue weighted by molar-refractivity contribution is 5.93. The van der Waals surface area contributed by atoms with Crippen LogP contribution in [-0.4, -0.2) is 10.8 Å². The van der Waals surface area contributed by atoms with Crippen molar-refractivity contribution in [3.05, 3.63) is 69.3 Å². The second kappa shape index (κ2) is 6.04. The number of rotatable bonds is 5. The van der Waals surface area contributed by atoms with Crippen molar-refractivity contribution in [2.24, 2.45) is 5.73 Å². The zero-order valence-electron chi connectivity index (χ0n) is 11.5. The van der Waals surface area contributed by atoms with E-state index >= 15 is 0 Å². The number of anilines is 1. The van der Waals surface area contributed by atoms with Gasteiger partial charge in [-0.2, -0.15) is 0 Å². The fourth-order valence-corrected chi connectivity index (χ4v) is 1.99. The lowest BCUT2D eigenvalue weighted by Gasteiger charge is -2.08. The molecule has 0 aromatic heterocycles. The third kappa shape index (κ3) is 3.56. The maximum absolute atomic E-state index is 11.1. The van der Waals surface area contributed by atoms with Crippen LogP contribution in [0.3, 0.4) is 0 Å². The van der Waals surface area contributed by atoms with Gasteiger partial charge in [0.05, 0.1) is 4.92 Å². The third-order valence-corrected chi connectivity index (χ3v) is 3.07. The number of aryl methyl sites for hydroxylation is 1. The van der Waals surface area contributed by atoms with Gasteiger partial charge in [-0.1, -0.05) is 12.1 Å². The van der Waals surface area contributed by atoms with E-state index in [1.165, 1.54) is 12.1 Å². The molecule has 0 atom stereocenters. The van der Waals surface area contributed by atoms with Crippen LogP contribution in [0, 0.1) is 17.0 Å². The van der Waals surface area contributed by atoms with E-state index in [1.807, 2.05) is 31.2 Å². The predicted molar refractivity (Wildman–Crippen MR) is 80.1 cm³/mol. The van der Waals surface area contributed by atoms with E-state index in [1.54, 1.807) is 6.07 Å². The number of carbonyl (C=O) groups excluding carboxylic acids is 1. The molecule has 2 rings (SSSR count). The molecule has 0 bridgehead atoms. The highest BCUT2D eigenvalue weighted by Gasteiger charge is 2.16. The van der Waals surface area contributed by atoms with Crippen molar-refractivity contribution < 1.29 is 9.72 Å². The smallest absolute Gasteiger partial charge is 0.275 e. The van der Waals surface area contributed by atoms with Crippen molar-refractivity contribution in [2.75, 3.05) is 5.32 Å². The summed E-state index contributed by atoms with van der Waals surface area (Å²) in [5.41, 5.74) is 7.61. The minimum atomic E-state index is -0.684. The van der Waals surface area contributed by atoms with Crippen molar-refractivity contribution in [1.29, 1.82) is 0 Å². The fraction of sp³-hybridized carbons (Fsp3) is 0.133. The second-order valence-corrected chi connectivity index (χ2v) is 4.69. The van der Waals surface area contributed by atoms with E-state index in [2.05, 4.69) is 5.32 Å². The zero-order valence-corrected chi connectivity index (χ0v) is 11.5. The van der Waals surface area contributed by atoms with E-state index < -0.39 is 10.8 Å².